The molecule has 6 heteroatoms. The molecule has 0 aromatic carbocycles. The zero-order valence-electron chi connectivity index (χ0n) is 28.7. The molecule has 0 saturated heterocycles. The van der Waals surface area contributed by atoms with E-state index in [4.69, 9.17) is 0 Å². The molecule has 0 rings (SSSR count). The molecule has 43 heavy (non-hydrogen) atoms. The van der Waals surface area contributed by atoms with Gasteiger partial charge < -0.3 is 25.7 Å². The van der Waals surface area contributed by atoms with Gasteiger partial charge in [0.25, 0.3) is 0 Å². The molecule has 0 saturated carbocycles. The minimum atomic E-state index is -1.25. The lowest BCUT2D eigenvalue weighted by Gasteiger charge is -2.27. The summed E-state index contributed by atoms with van der Waals surface area (Å²) in [7, 11) is 0. The van der Waals surface area contributed by atoms with E-state index < -0.39 is 36.9 Å². The van der Waals surface area contributed by atoms with Gasteiger partial charge in [0.05, 0.1) is 18.8 Å². The molecule has 0 aliphatic carbocycles. The lowest BCUT2D eigenvalue weighted by molar-refractivity contribution is -0.132. The Labute approximate surface area is 267 Å². The molecule has 1 amide bonds. The number of aliphatic hydroxyl groups is 4. The number of hydrogen-bond acceptors (Lipinski definition) is 5. The van der Waals surface area contributed by atoms with Crippen LogP contribution in [0.2, 0.25) is 0 Å². The number of carbonyl (C=O) groups is 1. The van der Waals surface area contributed by atoms with Gasteiger partial charge in [-0.15, -0.1) is 0 Å². The molecule has 0 bridgehead atoms. The van der Waals surface area contributed by atoms with Crippen molar-refractivity contribution >= 4 is 5.91 Å². The molecular formula is C37H75NO5. The van der Waals surface area contributed by atoms with Crippen molar-refractivity contribution in [1.29, 1.82) is 0 Å². The fraction of sp³-hybridized carbons (Fsp3) is 0.973. The van der Waals surface area contributed by atoms with E-state index in [9.17, 15) is 25.2 Å². The Kier molecular flexibility index (Phi) is 32.2. The number of aliphatic hydroxyl groups excluding tert-OH is 4. The SMILES string of the molecule is CCCCCCCCCCCCCCCCCC(O)C(=O)NC(CO)C(O)C(O)CCCCCCCCCCCCCC. The summed E-state index contributed by atoms with van der Waals surface area (Å²) in [5.41, 5.74) is 0. The average molecular weight is 614 g/mol. The van der Waals surface area contributed by atoms with E-state index in [-0.39, 0.29) is 0 Å². The molecule has 0 aliphatic rings. The first-order valence-electron chi connectivity index (χ1n) is 18.9. The largest absolute Gasteiger partial charge is 0.394 e. The molecule has 0 aromatic heterocycles. The molecule has 0 spiro atoms. The predicted octanol–water partition coefficient (Wildman–Crippen LogP) is 8.90. The lowest BCUT2D eigenvalue weighted by atomic mass is 9.99. The van der Waals surface area contributed by atoms with Gasteiger partial charge in [0.2, 0.25) is 5.91 Å². The minimum Gasteiger partial charge on any atom is -0.394 e. The first-order valence-corrected chi connectivity index (χ1v) is 18.9. The predicted molar refractivity (Wildman–Crippen MR) is 182 cm³/mol. The average Bonchev–Trinajstić information content (AvgIpc) is 3.01. The van der Waals surface area contributed by atoms with Gasteiger partial charge in [-0.05, 0) is 12.8 Å². The van der Waals surface area contributed by atoms with Gasteiger partial charge in [0, 0.05) is 0 Å². The Morgan fingerprint density at radius 2 is 0.791 bits per heavy atom. The van der Waals surface area contributed by atoms with Crippen LogP contribution < -0.4 is 5.32 Å². The number of unbranched alkanes of at least 4 members (excludes halogenated alkanes) is 25. The van der Waals surface area contributed by atoms with Crippen molar-refractivity contribution in [3.05, 3.63) is 0 Å². The molecule has 0 aromatic rings. The van der Waals surface area contributed by atoms with Crippen molar-refractivity contribution in [3.63, 3.8) is 0 Å². The molecule has 0 aliphatic heterocycles. The number of nitrogens with one attached hydrogen (secondary N) is 1. The summed E-state index contributed by atoms with van der Waals surface area (Å²) in [6, 6.07) is -0.976. The van der Waals surface area contributed by atoms with Crippen molar-refractivity contribution in [2.45, 2.75) is 224 Å². The summed E-state index contributed by atoms with van der Waals surface area (Å²) < 4.78 is 0. The first kappa shape index (κ1) is 42.3. The first-order chi connectivity index (χ1) is 21.0. The van der Waals surface area contributed by atoms with Crippen LogP contribution in [0.5, 0.6) is 0 Å². The summed E-state index contributed by atoms with van der Waals surface area (Å²) in [6.07, 6.45) is 31.2. The van der Waals surface area contributed by atoms with Crippen LogP contribution >= 0.6 is 0 Å². The van der Waals surface area contributed by atoms with E-state index in [0.717, 1.165) is 38.5 Å². The third-order valence-electron chi connectivity index (χ3n) is 9.07. The third kappa shape index (κ3) is 27.4. The van der Waals surface area contributed by atoms with E-state index in [1.807, 2.05) is 0 Å². The molecule has 0 heterocycles. The molecule has 0 radical (unpaired) electrons. The molecular weight excluding hydrogens is 538 g/mol. The highest BCUT2D eigenvalue weighted by atomic mass is 16.3. The standard InChI is InChI=1S/C37H75NO5/c1-3-5-7-9-11-13-15-17-18-19-21-23-25-27-29-31-35(41)37(43)38-33(32-39)36(42)34(40)30-28-26-24-22-20-16-14-12-10-8-6-4-2/h33-36,39-42H,3-32H2,1-2H3,(H,38,43). The Bertz CT molecular complexity index is 575. The van der Waals surface area contributed by atoms with E-state index in [0.29, 0.717) is 12.8 Å². The Hall–Kier alpha value is -0.690. The maximum Gasteiger partial charge on any atom is 0.249 e. The van der Waals surface area contributed by atoms with Crippen LogP contribution in [0.1, 0.15) is 200 Å². The smallest absolute Gasteiger partial charge is 0.249 e. The van der Waals surface area contributed by atoms with E-state index in [1.165, 1.54) is 135 Å². The number of amides is 1. The zero-order chi connectivity index (χ0) is 31.8. The van der Waals surface area contributed by atoms with Crippen LogP contribution in [-0.2, 0) is 4.79 Å². The topological polar surface area (TPSA) is 110 Å². The highest BCUT2D eigenvalue weighted by molar-refractivity contribution is 5.80. The molecule has 258 valence electrons. The van der Waals surface area contributed by atoms with Crippen LogP contribution in [-0.4, -0.2) is 57.3 Å². The summed E-state index contributed by atoms with van der Waals surface area (Å²) in [5, 5.41) is 43.4. The lowest BCUT2D eigenvalue weighted by Crippen LogP contribution is -2.53. The van der Waals surface area contributed by atoms with Crippen LogP contribution in [0.15, 0.2) is 0 Å². The number of hydrogen-bond donors (Lipinski definition) is 5. The highest BCUT2D eigenvalue weighted by Gasteiger charge is 2.28. The van der Waals surface area contributed by atoms with Crippen LogP contribution in [0.4, 0.5) is 0 Å². The van der Waals surface area contributed by atoms with Gasteiger partial charge in [-0.25, -0.2) is 0 Å². The van der Waals surface area contributed by atoms with Gasteiger partial charge in [-0.3, -0.25) is 4.79 Å². The molecule has 5 N–H and O–H groups in total. The van der Waals surface area contributed by atoms with Crippen LogP contribution in [0.3, 0.4) is 0 Å². The van der Waals surface area contributed by atoms with Gasteiger partial charge in [-0.2, -0.15) is 0 Å². The second-order valence-electron chi connectivity index (χ2n) is 13.3. The zero-order valence-corrected chi connectivity index (χ0v) is 28.7. The summed E-state index contributed by atoms with van der Waals surface area (Å²) in [6.45, 7) is 4.03. The Balaban J connectivity index is 3.78. The maximum atomic E-state index is 12.4. The second kappa shape index (κ2) is 32.7. The second-order valence-corrected chi connectivity index (χ2v) is 13.3. The molecule has 0 fully saturated rings. The van der Waals surface area contributed by atoms with E-state index in [2.05, 4.69) is 19.2 Å². The van der Waals surface area contributed by atoms with Gasteiger partial charge in [0.1, 0.15) is 12.2 Å². The Morgan fingerprint density at radius 3 is 1.12 bits per heavy atom. The van der Waals surface area contributed by atoms with E-state index >= 15 is 0 Å². The summed E-state index contributed by atoms with van der Waals surface area (Å²) in [4.78, 5) is 12.4. The van der Waals surface area contributed by atoms with Crippen LogP contribution in [0.25, 0.3) is 0 Å². The van der Waals surface area contributed by atoms with Gasteiger partial charge >= 0.3 is 0 Å². The fourth-order valence-corrected chi connectivity index (χ4v) is 5.99. The quantitative estimate of drug-likeness (QED) is 0.0466. The minimum absolute atomic E-state index is 0.375. The highest BCUT2D eigenvalue weighted by Crippen LogP contribution is 2.16. The van der Waals surface area contributed by atoms with Crippen molar-refractivity contribution in [3.8, 4) is 0 Å². The van der Waals surface area contributed by atoms with Crippen molar-refractivity contribution < 1.29 is 25.2 Å². The van der Waals surface area contributed by atoms with Gasteiger partial charge in [0.15, 0.2) is 0 Å². The van der Waals surface area contributed by atoms with Crippen molar-refractivity contribution in [1.82, 2.24) is 5.32 Å². The normalized spacial score (nSPS) is 14.5. The molecule has 4 atom stereocenters. The van der Waals surface area contributed by atoms with Crippen LogP contribution in [0, 0.1) is 0 Å². The van der Waals surface area contributed by atoms with Gasteiger partial charge in [-0.1, -0.05) is 187 Å². The summed E-state index contributed by atoms with van der Waals surface area (Å²) >= 11 is 0. The monoisotopic (exact) mass is 614 g/mol. The number of carbonyl (C=O) groups excluding carboxylic acids is 1. The molecule has 4 unspecified atom stereocenters. The maximum absolute atomic E-state index is 12.4. The van der Waals surface area contributed by atoms with E-state index in [1.54, 1.807) is 0 Å². The summed E-state index contributed by atoms with van der Waals surface area (Å²) in [5.74, 6) is -0.582. The molecule has 6 nitrogen and oxygen atoms in total. The fourth-order valence-electron chi connectivity index (χ4n) is 5.99. The number of rotatable bonds is 34. The van der Waals surface area contributed by atoms with Crippen molar-refractivity contribution in [2.75, 3.05) is 6.61 Å². The third-order valence-corrected chi connectivity index (χ3v) is 9.07. The Morgan fingerprint density at radius 1 is 0.488 bits per heavy atom. The van der Waals surface area contributed by atoms with Crippen molar-refractivity contribution in [2.24, 2.45) is 0 Å².